The number of rotatable bonds is 2. The first-order valence-corrected chi connectivity index (χ1v) is 5.99. The summed E-state index contributed by atoms with van der Waals surface area (Å²) in [7, 11) is 0. The van der Waals surface area contributed by atoms with Gasteiger partial charge in [0.25, 0.3) is 0 Å². The van der Waals surface area contributed by atoms with Gasteiger partial charge in [0.05, 0.1) is 0 Å². The van der Waals surface area contributed by atoms with E-state index in [0.29, 0.717) is 0 Å². The third-order valence-corrected chi connectivity index (χ3v) is 3.54. The highest BCUT2D eigenvalue weighted by Gasteiger charge is 2.21. The summed E-state index contributed by atoms with van der Waals surface area (Å²) in [5.74, 6) is 0. The van der Waals surface area contributed by atoms with Gasteiger partial charge in [0.1, 0.15) is 0 Å². The SMILES string of the molecule is CC(C)(N)CN1CCc2sccc2C1.Cl. The maximum Gasteiger partial charge on any atom is 0.0245 e. The van der Waals surface area contributed by atoms with Crippen LogP contribution in [-0.4, -0.2) is 23.5 Å². The van der Waals surface area contributed by atoms with Gasteiger partial charge >= 0.3 is 0 Å². The maximum atomic E-state index is 6.02. The molecule has 1 aromatic heterocycles. The van der Waals surface area contributed by atoms with Crippen LogP contribution in [0.25, 0.3) is 0 Å². The number of halogens is 1. The van der Waals surface area contributed by atoms with Crippen molar-refractivity contribution in [3.8, 4) is 0 Å². The highest BCUT2D eigenvalue weighted by Crippen LogP contribution is 2.24. The Morgan fingerprint density at radius 2 is 2.27 bits per heavy atom. The quantitative estimate of drug-likeness (QED) is 0.868. The minimum atomic E-state index is -0.0759. The molecule has 4 heteroatoms. The fraction of sp³-hybridized carbons (Fsp3) is 0.636. The lowest BCUT2D eigenvalue weighted by Crippen LogP contribution is -2.46. The molecular weight excluding hydrogens is 228 g/mol. The Hall–Kier alpha value is -0.0900. The average molecular weight is 247 g/mol. The van der Waals surface area contributed by atoms with Gasteiger partial charge in [-0.1, -0.05) is 0 Å². The predicted molar refractivity (Wildman–Crippen MR) is 68.8 cm³/mol. The summed E-state index contributed by atoms with van der Waals surface area (Å²) in [6.07, 6.45) is 1.20. The minimum Gasteiger partial charge on any atom is -0.324 e. The van der Waals surface area contributed by atoms with Crippen LogP contribution in [0.15, 0.2) is 11.4 Å². The van der Waals surface area contributed by atoms with Crippen LogP contribution in [0.3, 0.4) is 0 Å². The van der Waals surface area contributed by atoms with Gasteiger partial charge in [0, 0.05) is 30.1 Å². The molecule has 15 heavy (non-hydrogen) atoms. The molecule has 1 aliphatic rings. The minimum absolute atomic E-state index is 0. The lowest BCUT2D eigenvalue weighted by atomic mass is 10.0. The zero-order valence-electron chi connectivity index (χ0n) is 9.32. The Morgan fingerprint density at radius 3 is 2.93 bits per heavy atom. The molecule has 1 aliphatic heterocycles. The van der Waals surface area contributed by atoms with Crippen molar-refractivity contribution in [2.75, 3.05) is 13.1 Å². The van der Waals surface area contributed by atoms with Crippen molar-refractivity contribution in [1.82, 2.24) is 4.90 Å². The fourth-order valence-electron chi connectivity index (χ4n) is 2.02. The molecule has 1 aromatic rings. The monoisotopic (exact) mass is 246 g/mol. The molecule has 2 rings (SSSR count). The van der Waals surface area contributed by atoms with E-state index in [-0.39, 0.29) is 17.9 Å². The Labute approximate surface area is 102 Å². The molecule has 2 N–H and O–H groups in total. The van der Waals surface area contributed by atoms with Crippen LogP contribution in [0, 0.1) is 0 Å². The third-order valence-electron chi connectivity index (χ3n) is 2.52. The molecule has 0 bridgehead atoms. The second-order valence-corrected chi connectivity index (χ2v) is 5.82. The number of hydrogen-bond acceptors (Lipinski definition) is 3. The fourth-order valence-corrected chi connectivity index (χ4v) is 2.91. The van der Waals surface area contributed by atoms with Crippen molar-refractivity contribution >= 4 is 23.7 Å². The molecule has 2 nitrogen and oxygen atoms in total. The number of hydrogen-bond donors (Lipinski definition) is 1. The predicted octanol–water partition coefficient (Wildman–Crippen LogP) is 2.27. The molecule has 0 unspecified atom stereocenters. The van der Waals surface area contributed by atoms with Crippen molar-refractivity contribution in [3.05, 3.63) is 21.9 Å². The number of nitrogens with zero attached hydrogens (tertiary/aromatic N) is 1. The summed E-state index contributed by atoms with van der Waals surface area (Å²) in [5, 5.41) is 2.20. The van der Waals surface area contributed by atoms with Gasteiger partial charge in [-0.2, -0.15) is 0 Å². The first kappa shape index (κ1) is 13.0. The Bertz CT molecular complexity index is 317. The number of thiophene rings is 1. The molecule has 0 fully saturated rings. The van der Waals surface area contributed by atoms with Crippen LogP contribution in [-0.2, 0) is 13.0 Å². The van der Waals surface area contributed by atoms with Gasteiger partial charge in [-0.05, 0) is 37.3 Å². The molecule has 0 aliphatic carbocycles. The van der Waals surface area contributed by atoms with E-state index in [1.165, 1.54) is 12.0 Å². The van der Waals surface area contributed by atoms with Crippen molar-refractivity contribution < 1.29 is 0 Å². The van der Waals surface area contributed by atoms with Gasteiger partial charge in [0.2, 0.25) is 0 Å². The summed E-state index contributed by atoms with van der Waals surface area (Å²) in [6.45, 7) is 7.42. The summed E-state index contributed by atoms with van der Waals surface area (Å²) in [5.41, 5.74) is 7.45. The molecule has 0 aromatic carbocycles. The molecule has 0 radical (unpaired) electrons. The van der Waals surface area contributed by atoms with Crippen molar-refractivity contribution in [1.29, 1.82) is 0 Å². The van der Waals surface area contributed by atoms with E-state index in [2.05, 4.69) is 30.2 Å². The molecule has 0 amide bonds. The Kier molecular flexibility index (Phi) is 4.18. The van der Waals surface area contributed by atoms with Crippen LogP contribution >= 0.6 is 23.7 Å². The largest absolute Gasteiger partial charge is 0.324 e. The van der Waals surface area contributed by atoms with E-state index in [1.807, 2.05) is 11.3 Å². The highest BCUT2D eigenvalue weighted by atomic mass is 35.5. The smallest absolute Gasteiger partial charge is 0.0245 e. The standard InChI is InChI=1S/C11H18N2S.ClH/c1-11(2,12)8-13-5-3-10-9(7-13)4-6-14-10;/h4,6H,3,5,7-8,12H2,1-2H3;1H. The van der Waals surface area contributed by atoms with E-state index in [1.54, 1.807) is 4.88 Å². The summed E-state index contributed by atoms with van der Waals surface area (Å²) >= 11 is 1.89. The summed E-state index contributed by atoms with van der Waals surface area (Å²) in [4.78, 5) is 4.02. The van der Waals surface area contributed by atoms with E-state index >= 15 is 0 Å². The first-order valence-electron chi connectivity index (χ1n) is 5.11. The summed E-state index contributed by atoms with van der Waals surface area (Å²) < 4.78 is 0. The first-order chi connectivity index (χ1) is 6.54. The van der Waals surface area contributed by atoms with Crippen LogP contribution in [0.4, 0.5) is 0 Å². The number of fused-ring (bicyclic) bond motifs is 1. The average Bonchev–Trinajstić information content (AvgIpc) is 2.47. The van der Waals surface area contributed by atoms with Crippen LogP contribution in [0.5, 0.6) is 0 Å². The topological polar surface area (TPSA) is 29.3 Å². The molecule has 0 saturated heterocycles. The van der Waals surface area contributed by atoms with Gasteiger partial charge in [-0.25, -0.2) is 0 Å². The van der Waals surface area contributed by atoms with E-state index in [0.717, 1.165) is 19.6 Å². The molecular formula is C11H19ClN2S. The van der Waals surface area contributed by atoms with Crippen LogP contribution in [0.2, 0.25) is 0 Å². The lowest BCUT2D eigenvalue weighted by molar-refractivity contribution is 0.210. The van der Waals surface area contributed by atoms with Gasteiger partial charge in [0.15, 0.2) is 0 Å². The van der Waals surface area contributed by atoms with Crippen LogP contribution in [0.1, 0.15) is 24.3 Å². The van der Waals surface area contributed by atoms with Crippen LogP contribution < -0.4 is 5.73 Å². The number of nitrogens with two attached hydrogens (primary N) is 1. The van der Waals surface area contributed by atoms with E-state index < -0.39 is 0 Å². The molecule has 0 atom stereocenters. The van der Waals surface area contributed by atoms with E-state index in [9.17, 15) is 0 Å². The van der Waals surface area contributed by atoms with E-state index in [4.69, 9.17) is 5.73 Å². The van der Waals surface area contributed by atoms with Crippen molar-refractivity contribution in [3.63, 3.8) is 0 Å². The lowest BCUT2D eigenvalue weighted by Gasteiger charge is -2.32. The molecule has 2 heterocycles. The Morgan fingerprint density at radius 1 is 1.53 bits per heavy atom. The zero-order valence-corrected chi connectivity index (χ0v) is 11.0. The normalized spacial score (nSPS) is 17.0. The molecule has 0 spiro atoms. The van der Waals surface area contributed by atoms with Gasteiger partial charge in [-0.15, -0.1) is 23.7 Å². The van der Waals surface area contributed by atoms with Gasteiger partial charge < -0.3 is 5.73 Å². The third kappa shape index (κ3) is 3.45. The summed E-state index contributed by atoms with van der Waals surface area (Å²) in [6, 6.07) is 2.25. The maximum absolute atomic E-state index is 6.02. The highest BCUT2D eigenvalue weighted by molar-refractivity contribution is 7.10. The zero-order chi connectivity index (χ0) is 10.2. The second kappa shape index (κ2) is 4.83. The van der Waals surface area contributed by atoms with Gasteiger partial charge in [-0.3, -0.25) is 4.90 Å². The second-order valence-electron chi connectivity index (χ2n) is 4.82. The molecule has 0 saturated carbocycles. The van der Waals surface area contributed by atoms with Crippen molar-refractivity contribution in [2.45, 2.75) is 32.4 Å². The molecule has 86 valence electrons. The van der Waals surface area contributed by atoms with Crippen molar-refractivity contribution in [2.24, 2.45) is 5.73 Å². The Balaban J connectivity index is 0.00000112.